The molecule has 0 fully saturated rings. The van der Waals surface area contributed by atoms with E-state index in [2.05, 4.69) is 44.9 Å². The van der Waals surface area contributed by atoms with Gasteiger partial charge in [0.25, 0.3) is 0 Å². The lowest BCUT2D eigenvalue weighted by Gasteiger charge is -2.28. The zero-order chi connectivity index (χ0) is 27.8. The quantitative estimate of drug-likeness (QED) is 0.157. The third-order valence-electron chi connectivity index (χ3n) is 7.06. The van der Waals surface area contributed by atoms with Crippen molar-refractivity contribution in [1.29, 1.82) is 0 Å². The number of aromatic nitrogens is 2. The van der Waals surface area contributed by atoms with Crippen LogP contribution in [0, 0.1) is 0 Å². The second kappa shape index (κ2) is 13.5. The van der Waals surface area contributed by atoms with Gasteiger partial charge in [0.2, 0.25) is 0 Å². The van der Waals surface area contributed by atoms with Gasteiger partial charge in [0.05, 0.1) is 10.9 Å². The molecule has 2 aromatic carbocycles. The van der Waals surface area contributed by atoms with E-state index in [1.54, 1.807) is 0 Å². The number of nitrogens with one attached hydrogen (secondary N) is 2. The van der Waals surface area contributed by atoms with E-state index in [1.807, 2.05) is 69.7 Å². The van der Waals surface area contributed by atoms with Gasteiger partial charge in [0.15, 0.2) is 0 Å². The van der Waals surface area contributed by atoms with Crippen LogP contribution in [0.4, 0.5) is 0 Å². The smallest absolute Gasteiger partial charge is 0.316 e. The number of benzene rings is 2. The predicted molar refractivity (Wildman–Crippen MR) is 158 cm³/mol. The molecule has 0 radical (unpaired) electrons. The first-order chi connectivity index (χ1) is 18.1. The molecule has 38 heavy (non-hydrogen) atoms. The molecule has 3 aromatic rings. The molecule has 7 nitrogen and oxygen atoms in total. The van der Waals surface area contributed by atoms with E-state index in [9.17, 15) is 4.79 Å². The highest BCUT2D eigenvalue weighted by molar-refractivity contribution is 7.13. The number of fused-ring (bicyclic) bond motifs is 1. The van der Waals surface area contributed by atoms with Gasteiger partial charge in [-0.3, -0.25) is 9.88 Å². The molecule has 1 heterocycles. The number of hydrogen-bond donors (Lipinski definition) is 2. The molecule has 0 aliphatic rings. The second-order valence-electron chi connectivity index (χ2n) is 11.0. The molecular formula is C30H45N4O3P. The monoisotopic (exact) mass is 540 g/mol. The second-order valence-corrected chi connectivity index (χ2v) is 11.3. The summed E-state index contributed by atoms with van der Waals surface area (Å²) in [5.74, 6) is 1.10. The molecule has 0 saturated carbocycles. The Morgan fingerprint density at radius 3 is 2.42 bits per heavy atom. The summed E-state index contributed by atoms with van der Waals surface area (Å²) in [5, 5.41) is 6.67. The van der Waals surface area contributed by atoms with E-state index in [1.165, 1.54) is 5.56 Å². The fourth-order valence-electron chi connectivity index (χ4n) is 4.37. The molecule has 0 aliphatic heterocycles. The van der Waals surface area contributed by atoms with Gasteiger partial charge in [-0.15, -0.1) is 0 Å². The average molecular weight is 541 g/mol. The number of hydrogen-bond acceptors (Lipinski definition) is 6. The summed E-state index contributed by atoms with van der Waals surface area (Å²) in [6, 6.07) is 16.4. The lowest BCUT2D eigenvalue weighted by atomic mass is 9.84. The van der Waals surface area contributed by atoms with Crippen LogP contribution in [0.15, 0.2) is 48.5 Å². The van der Waals surface area contributed by atoms with Crippen LogP contribution in [0.3, 0.4) is 0 Å². The van der Waals surface area contributed by atoms with Gasteiger partial charge in [0, 0.05) is 11.5 Å². The molecule has 0 aliphatic carbocycles. The molecule has 8 heteroatoms. The fourth-order valence-corrected chi connectivity index (χ4v) is 4.45. The Kier molecular flexibility index (Phi) is 10.7. The van der Waals surface area contributed by atoms with E-state index in [4.69, 9.17) is 14.6 Å². The maximum atomic E-state index is 12.8. The number of nitrogens with zero attached hydrogens (tertiary/aromatic N) is 2. The first-order valence-electron chi connectivity index (χ1n) is 13.7. The maximum absolute atomic E-state index is 12.8. The van der Waals surface area contributed by atoms with E-state index in [0.717, 1.165) is 54.8 Å². The number of carbonyl (C=O) groups excluding carboxylic acids is 1. The first kappa shape index (κ1) is 30.1. The highest BCUT2D eigenvalue weighted by atomic mass is 31.0. The highest BCUT2D eigenvalue weighted by Crippen LogP contribution is 2.27. The first-order valence-corrected chi connectivity index (χ1v) is 14.3. The van der Waals surface area contributed by atoms with E-state index in [0.29, 0.717) is 19.1 Å². The van der Waals surface area contributed by atoms with Crippen LogP contribution in [-0.2, 0) is 21.4 Å². The maximum Gasteiger partial charge on any atom is 0.316 e. The predicted octanol–water partition coefficient (Wildman–Crippen LogP) is 5.18. The number of carbonyl (C=O) groups is 1. The van der Waals surface area contributed by atoms with Crippen molar-refractivity contribution in [2.45, 2.75) is 77.7 Å². The van der Waals surface area contributed by atoms with Gasteiger partial charge in [0.1, 0.15) is 24.6 Å². The summed E-state index contributed by atoms with van der Waals surface area (Å²) < 4.78 is 7.52. The minimum atomic E-state index is -0.707. The van der Waals surface area contributed by atoms with Crippen molar-refractivity contribution < 1.29 is 14.4 Å². The number of imidazole rings is 1. The number of rotatable bonds is 15. The number of para-hydroxylation sites is 2. The zero-order valence-corrected chi connectivity index (χ0v) is 25.0. The van der Waals surface area contributed by atoms with Crippen molar-refractivity contribution in [1.82, 2.24) is 20.1 Å². The van der Waals surface area contributed by atoms with Crippen molar-refractivity contribution >= 4 is 26.4 Å². The van der Waals surface area contributed by atoms with E-state index in [-0.39, 0.29) is 11.5 Å². The van der Waals surface area contributed by atoms with Crippen molar-refractivity contribution in [2.24, 2.45) is 0 Å². The molecule has 208 valence electrons. The summed E-state index contributed by atoms with van der Waals surface area (Å²) in [4.78, 5) is 23.6. The van der Waals surface area contributed by atoms with Crippen LogP contribution >= 0.6 is 9.39 Å². The molecule has 2 N–H and O–H groups in total. The molecule has 2 atom stereocenters. The highest BCUT2D eigenvalue weighted by Gasteiger charge is 2.33. The number of esters is 1. The van der Waals surface area contributed by atoms with E-state index >= 15 is 0 Å². The Balaban J connectivity index is 1.50. The molecule has 0 spiro atoms. The molecule has 2 unspecified atom stereocenters. The summed E-state index contributed by atoms with van der Waals surface area (Å²) in [6.07, 6.45) is 2.92. The van der Waals surface area contributed by atoms with Crippen molar-refractivity contribution in [3.8, 4) is 0 Å². The van der Waals surface area contributed by atoms with Crippen LogP contribution in [0.25, 0.3) is 11.0 Å². The lowest BCUT2D eigenvalue weighted by molar-refractivity contribution is -0.151. The van der Waals surface area contributed by atoms with Crippen molar-refractivity contribution in [3.63, 3.8) is 0 Å². The molecule has 0 bridgehead atoms. The Hall–Kier alpha value is -2.47. The standard InChI is InChI=1S/C30H45N4O3P/c1-7-23(27-32-25-11-9-10-12-26(25)34(27)37-8-2)18-20-31-19-17-22-13-15-24(16-14-22)30(5,6)28(35)36-21-29(3,4)33-38/h9-16,23,31,33H,7-8,17-21,38H2,1-6H3. The SMILES string of the molecule is CCOn1c(C(CC)CCNCCc2ccc(C(C)(C)C(=O)OCC(C)(C)NP)cc2)nc2ccccc21. The lowest BCUT2D eigenvalue weighted by Crippen LogP contribution is -2.41. The summed E-state index contributed by atoms with van der Waals surface area (Å²) in [6.45, 7) is 14.7. The normalized spacial score (nSPS) is 13.0. The molecule has 3 rings (SSSR count). The molecular weight excluding hydrogens is 495 g/mol. The van der Waals surface area contributed by atoms with Crippen molar-refractivity contribution in [3.05, 3.63) is 65.5 Å². The minimum absolute atomic E-state index is 0.219. The molecule has 1 aromatic heterocycles. The minimum Gasteiger partial charge on any atom is -0.463 e. The Labute approximate surface area is 230 Å². The van der Waals surface area contributed by atoms with Gasteiger partial charge in [-0.05, 0) is 90.2 Å². The largest absolute Gasteiger partial charge is 0.463 e. The Bertz CT molecular complexity index is 1170. The summed E-state index contributed by atoms with van der Waals surface area (Å²) in [7, 11) is 2.48. The van der Waals surface area contributed by atoms with Gasteiger partial charge in [-0.25, -0.2) is 4.98 Å². The van der Waals surface area contributed by atoms with Gasteiger partial charge >= 0.3 is 5.97 Å². The van der Waals surface area contributed by atoms with E-state index < -0.39 is 5.41 Å². The van der Waals surface area contributed by atoms with Crippen LogP contribution in [0.5, 0.6) is 0 Å². The summed E-state index contributed by atoms with van der Waals surface area (Å²) in [5.41, 5.74) is 3.20. The van der Waals surface area contributed by atoms with Crippen LogP contribution in [0.2, 0.25) is 0 Å². The van der Waals surface area contributed by atoms with Gasteiger partial charge < -0.3 is 14.9 Å². The summed E-state index contributed by atoms with van der Waals surface area (Å²) >= 11 is 0. The fraction of sp³-hybridized carbons (Fsp3) is 0.533. The molecule has 0 saturated heterocycles. The third kappa shape index (κ3) is 7.56. The van der Waals surface area contributed by atoms with Crippen molar-refractivity contribution in [2.75, 3.05) is 26.3 Å². The Morgan fingerprint density at radius 2 is 1.76 bits per heavy atom. The van der Waals surface area contributed by atoms with Crippen LogP contribution in [0.1, 0.15) is 77.3 Å². The van der Waals surface area contributed by atoms with Gasteiger partial charge in [-0.2, -0.15) is 4.73 Å². The molecule has 0 amide bonds. The Morgan fingerprint density at radius 1 is 1.05 bits per heavy atom. The van der Waals surface area contributed by atoms with Crippen LogP contribution < -0.4 is 15.2 Å². The average Bonchev–Trinajstić information content (AvgIpc) is 3.28. The van der Waals surface area contributed by atoms with Crippen LogP contribution in [-0.4, -0.2) is 47.5 Å². The third-order valence-corrected chi connectivity index (χ3v) is 7.84. The topological polar surface area (TPSA) is 77.4 Å². The number of ether oxygens (including phenoxy) is 1. The zero-order valence-electron chi connectivity index (χ0n) is 23.8. The van der Waals surface area contributed by atoms with Gasteiger partial charge in [-0.1, -0.05) is 52.7 Å².